The molecule has 1 N–H and O–H groups in total. The number of amides is 1. The number of hydrogen-bond donors (Lipinski definition) is 1. The molecule has 4 fully saturated rings. The Morgan fingerprint density at radius 3 is 2.88 bits per heavy atom. The molecule has 24 heavy (non-hydrogen) atoms. The summed E-state index contributed by atoms with van der Waals surface area (Å²) >= 11 is 0. The van der Waals surface area contributed by atoms with Crippen molar-refractivity contribution < 1.29 is 4.79 Å². The molecule has 132 valence electrons. The van der Waals surface area contributed by atoms with Crippen LogP contribution in [-0.4, -0.2) is 70.0 Å². The average Bonchev–Trinajstić information content (AvgIpc) is 3.26. The average molecular weight is 332 g/mol. The molecule has 1 aliphatic carbocycles. The summed E-state index contributed by atoms with van der Waals surface area (Å²) in [5, 5.41) is 11.7. The van der Waals surface area contributed by atoms with Gasteiger partial charge in [-0.3, -0.25) is 14.4 Å². The highest BCUT2D eigenvalue weighted by Crippen LogP contribution is 2.37. The van der Waals surface area contributed by atoms with Gasteiger partial charge >= 0.3 is 0 Å². The van der Waals surface area contributed by atoms with Gasteiger partial charge in [-0.25, -0.2) is 0 Å². The van der Waals surface area contributed by atoms with Crippen LogP contribution in [0.1, 0.15) is 31.4 Å². The summed E-state index contributed by atoms with van der Waals surface area (Å²) in [5.74, 6) is 1.01. The maximum absolute atomic E-state index is 12.4. The predicted molar refractivity (Wildman–Crippen MR) is 90.2 cm³/mol. The van der Waals surface area contributed by atoms with Crippen LogP contribution in [0.25, 0.3) is 0 Å². The van der Waals surface area contributed by atoms with Crippen LogP contribution in [-0.2, 0) is 17.9 Å². The van der Waals surface area contributed by atoms with Crippen molar-refractivity contribution in [2.45, 2.75) is 50.9 Å². The molecule has 0 spiro atoms. The van der Waals surface area contributed by atoms with Crippen LogP contribution in [0.4, 0.5) is 0 Å². The van der Waals surface area contributed by atoms with Crippen molar-refractivity contribution in [3.63, 3.8) is 0 Å². The molecule has 1 aromatic heterocycles. The summed E-state index contributed by atoms with van der Waals surface area (Å²) in [6.07, 6.45) is 6.64. The van der Waals surface area contributed by atoms with E-state index >= 15 is 0 Å². The lowest BCUT2D eigenvalue weighted by Crippen LogP contribution is -2.58. The standard InChI is InChI=1S/C17H28N6O/c1-21(2)8-14-9-23(20-19-14)10-15-7-12-5-6-22(15)11-16(12)17(24)18-13-3-4-13/h9,12-13,15-16H,3-8,10-11H2,1-2H3,(H,18,24)/t12-,15+,16-/m0/s1. The first-order valence-corrected chi connectivity index (χ1v) is 9.16. The van der Waals surface area contributed by atoms with Gasteiger partial charge in [0.05, 0.1) is 18.2 Å². The second-order valence-corrected chi connectivity index (χ2v) is 7.99. The predicted octanol–water partition coefficient (Wildman–Crippen LogP) is 0.329. The third-order valence-corrected chi connectivity index (χ3v) is 5.60. The van der Waals surface area contributed by atoms with Crippen molar-refractivity contribution in [1.82, 2.24) is 30.1 Å². The molecule has 4 heterocycles. The smallest absolute Gasteiger partial charge is 0.224 e. The fourth-order valence-electron chi connectivity index (χ4n) is 4.20. The highest BCUT2D eigenvalue weighted by atomic mass is 16.2. The molecule has 4 aliphatic rings. The summed E-state index contributed by atoms with van der Waals surface area (Å²) in [6, 6.07) is 0.955. The van der Waals surface area contributed by atoms with E-state index in [1.165, 1.54) is 0 Å². The van der Waals surface area contributed by atoms with E-state index in [1.54, 1.807) is 0 Å². The number of rotatable bonds is 6. The lowest BCUT2D eigenvalue weighted by molar-refractivity contribution is -0.133. The molecule has 1 amide bonds. The molecule has 0 aromatic carbocycles. The highest BCUT2D eigenvalue weighted by molar-refractivity contribution is 5.80. The Hall–Kier alpha value is -1.47. The summed E-state index contributed by atoms with van der Waals surface area (Å²) in [5.41, 5.74) is 1.01. The molecule has 3 aliphatic heterocycles. The first kappa shape index (κ1) is 16.0. The molecule has 0 radical (unpaired) electrons. The topological polar surface area (TPSA) is 66.3 Å². The number of carbonyl (C=O) groups excluding carboxylic acids is 1. The molecule has 5 rings (SSSR count). The van der Waals surface area contributed by atoms with Gasteiger partial charge < -0.3 is 10.2 Å². The van der Waals surface area contributed by atoms with Crippen molar-refractivity contribution in [3.8, 4) is 0 Å². The quantitative estimate of drug-likeness (QED) is 0.813. The highest BCUT2D eigenvalue weighted by Gasteiger charge is 2.44. The largest absolute Gasteiger partial charge is 0.353 e. The number of hydrogen-bond acceptors (Lipinski definition) is 5. The Morgan fingerprint density at radius 2 is 2.21 bits per heavy atom. The molecule has 7 heteroatoms. The normalized spacial score (nSPS) is 32.3. The van der Waals surface area contributed by atoms with Crippen molar-refractivity contribution in [2.24, 2.45) is 11.8 Å². The molecule has 4 atom stereocenters. The molecule has 2 bridgehead atoms. The van der Waals surface area contributed by atoms with E-state index in [1.807, 2.05) is 18.8 Å². The number of piperidine rings is 3. The number of carbonyl (C=O) groups is 1. The number of nitrogens with one attached hydrogen (secondary N) is 1. The third kappa shape index (κ3) is 3.47. The third-order valence-electron chi connectivity index (χ3n) is 5.60. The molecule has 3 saturated heterocycles. The van der Waals surface area contributed by atoms with Crippen LogP contribution in [0.15, 0.2) is 6.20 Å². The van der Waals surface area contributed by atoms with Crippen molar-refractivity contribution in [3.05, 3.63) is 11.9 Å². The Kier molecular flexibility index (Phi) is 4.30. The van der Waals surface area contributed by atoms with E-state index < -0.39 is 0 Å². The molecule has 1 aromatic rings. The maximum atomic E-state index is 12.4. The van der Waals surface area contributed by atoms with E-state index in [9.17, 15) is 4.79 Å². The van der Waals surface area contributed by atoms with Crippen LogP contribution in [0.2, 0.25) is 0 Å². The number of nitrogens with zero attached hydrogens (tertiary/aromatic N) is 5. The van der Waals surface area contributed by atoms with Gasteiger partial charge in [-0.15, -0.1) is 5.10 Å². The summed E-state index contributed by atoms with van der Waals surface area (Å²) in [4.78, 5) is 17.0. The molecule has 1 unspecified atom stereocenters. The minimum atomic E-state index is 0.190. The van der Waals surface area contributed by atoms with Crippen molar-refractivity contribution >= 4 is 5.91 Å². The maximum Gasteiger partial charge on any atom is 0.224 e. The van der Waals surface area contributed by atoms with E-state index in [2.05, 4.69) is 31.6 Å². The zero-order chi connectivity index (χ0) is 16.7. The van der Waals surface area contributed by atoms with E-state index in [4.69, 9.17) is 0 Å². The summed E-state index contributed by atoms with van der Waals surface area (Å²) in [6.45, 7) is 3.73. The first-order chi connectivity index (χ1) is 11.6. The minimum Gasteiger partial charge on any atom is -0.353 e. The van der Waals surface area contributed by atoms with Gasteiger partial charge in [0.1, 0.15) is 0 Å². The van der Waals surface area contributed by atoms with Crippen molar-refractivity contribution in [2.75, 3.05) is 27.2 Å². The van der Waals surface area contributed by atoms with E-state index in [0.717, 1.165) is 57.6 Å². The molecular formula is C17H28N6O. The molecular weight excluding hydrogens is 304 g/mol. The van der Waals surface area contributed by atoms with Gasteiger partial charge in [0.2, 0.25) is 5.91 Å². The van der Waals surface area contributed by atoms with Crippen LogP contribution < -0.4 is 5.32 Å². The minimum absolute atomic E-state index is 0.190. The van der Waals surface area contributed by atoms with Crippen LogP contribution in [0.3, 0.4) is 0 Å². The second kappa shape index (κ2) is 6.44. The molecule has 1 saturated carbocycles. The monoisotopic (exact) mass is 332 g/mol. The zero-order valence-corrected chi connectivity index (χ0v) is 14.7. The van der Waals surface area contributed by atoms with Crippen LogP contribution >= 0.6 is 0 Å². The van der Waals surface area contributed by atoms with Gasteiger partial charge in [0, 0.05) is 31.4 Å². The summed E-state index contributed by atoms with van der Waals surface area (Å²) < 4.78 is 1.98. The number of fused-ring (bicyclic) bond motifs is 3. The fraction of sp³-hybridized carbons (Fsp3) is 0.824. The fourth-order valence-corrected chi connectivity index (χ4v) is 4.20. The Balaban J connectivity index is 1.35. The first-order valence-electron chi connectivity index (χ1n) is 9.16. The van der Waals surface area contributed by atoms with Gasteiger partial charge in [-0.2, -0.15) is 0 Å². The van der Waals surface area contributed by atoms with Gasteiger partial charge in [-0.1, -0.05) is 5.21 Å². The van der Waals surface area contributed by atoms with Crippen LogP contribution in [0.5, 0.6) is 0 Å². The lowest BCUT2D eigenvalue weighted by atomic mass is 9.75. The Morgan fingerprint density at radius 1 is 1.38 bits per heavy atom. The zero-order valence-electron chi connectivity index (χ0n) is 14.7. The van der Waals surface area contributed by atoms with Gasteiger partial charge in [0.15, 0.2) is 0 Å². The van der Waals surface area contributed by atoms with Crippen molar-refractivity contribution in [1.29, 1.82) is 0 Å². The second-order valence-electron chi connectivity index (χ2n) is 7.99. The number of aromatic nitrogens is 3. The van der Waals surface area contributed by atoms with Crippen LogP contribution in [0, 0.1) is 11.8 Å². The van der Waals surface area contributed by atoms with Gasteiger partial charge in [-0.05, 0) is 52.2 Å². The van der Waals surface area contributed by atoms with E-state index in [-0.39, 0.29) is 5.92 Å². The Bertz CT molecular complexity index is 596. The Labute approximate surface area is 143 Å². The SMILES string of the molecule is CN(C)Cc1cn(C[C@H]2C[C@@H]3CCN2C[C@@H]3C(=O)NC2CC2)nn1. The molecule has 7 nitrogen and oxygen atoms in total. The van der Waals surface area contributed by atoms with Gasteiger partial charge in [0.25, 0.3) is 0 Å². The lowest BCUT2D eigenvalue weighted by Gasteiger charge is -2.49. The summed E-state index contributed by atoms with van der Waals surface area (Å²) in [7, 11) is 4.08. The van der Waals surface area contributed by atoms with E-state index in [0.29, 0.717) is 23.9 Å².